The zero-order chi connectivity index (χ0) is 33.5. The Hall–Kier alpha value is -3.95. The number of hydrogen-bond acceptors (Lipinski definition) is 11. The summed E-state index contributed by atoms with van der Waals surface area (Å²) in [5.41, 5.74) is 1.84. The highest BCUT2D eigenvalue weighted by atomic mass is 79.9. The summed E-state index contributed by atoms with van der Waals surface area (Å²) in [5.74, 6) is -1.35. The second-order valence-corrected chi connectivity index (χ2v) is 13.8. The highest BCUT2D eigenvalue weighted by molar-refractivity contribution is 9.10. The predicted molar refractivity (Wildman–Crippen MR) is 177 cm³/mol. The van der Waals surface area contributed by atoms with E-state index in [1.165, 1.54) is 19.1 Å². The Morgan fingerprint density at radius 3 is 2.11 bits per heavy atom. The molecule has 0 N–H and O–H groups in total. The molecule has 0 bridgehead atoms. The van der Waals surface area contributed by atoms with Crippen LogP contribution in [0.2, 0.25) is 0 Å². The molecule has 0 saturated carbocycles. The Morgan fingerprint density at radius 1 is 0.891 bits per heavy atom. The average molecular weight is 777 g/mol. The molecular formula is C31H31Br2N5O7S. The van der Waals surface area contributed by atoms with Crippen molar-refractivity contribution in [2.24, 2.45) is 0 Å². The molecule has 0 spiro atoms. The number of anilines is 1. The van der Waals surface area contributed by atoms with Crippen LogP contribution in [-0.2, 0) is 35.1 Å². The van der Waals surface area contributed by atoms with Crippen LogP contribution in [0.25, 0.3) is 11.1 Å². The minimum atomic E-state index is -4.47. The Kier molecular flexibility index (Phi) is 11.5. The molecule has 1 amide bonds. The average Bonchev–Trinajstić information content (AvgIpc) is 3.03. The second kappa shape index (κ2) is 15.1. The van der Waals surface area contributed by atoms with E-state index in [-0.39, 0.29) is 48.0 Å². The van der Waals surface area contributed by atoms with Gasteiger partial charge in [-0.2, -0.15) is 4.31 Å². The maximum Gasteiger partial charge on any atom is 0.316 e. The Labute approximate surface area is 283 Å². The van der Waals surface area contributed by atoms with Gasteiger partial charge in [-0.15, -0.1) is 0 Å². The van der Waals surface area contributed by atoms with Crippen molar-refractivity contribution in [3.8, 4) is 23.0 Å². The van der Waals surface area contributed by atoms with Crippen LogP contribution in [0.15, 0.2) is 76.6 Å². The van der Waals surface area contributed by atoms with Crippen LogP contribution >= 0.6 is 31.9 Å². The molecule has 0 fully saturated rings. The predicted octanol–water partition coefficient (Wildman–Crippen LogP) is 5.63. The van der Waals surface area contributed by atoms with Gasteiger partial charge < -0.3 is 14.2 Å². The van der Waals surface area contributed by atoms with Gasteiger partial charge in [0.2, 0.25) is 11.8 Å². The molecule has 0 aliphatic rings. The van der Waals surface area contributed by atoms with E-state index in [0.717, 1.165) is 24.4 Å². The number of carbonyl (C=O) groups is 2. The highest BCUT2D eigenvalue weighted by Crippen LogP contribution is 2.38. The van der Waals surface area contributed by atoms with Crippen molar-refractivity contribution < 1.29 is 32.2 Å². The number of sulfonamides is 1. The fourth-order valence-corrected chi connectivity index (χ4v) is 6.24. The van der Waals surface area contributed by atoms with Crippen LogP contribution in [0.1, 0.15) is 38.8 Å². The van der Waals surface area contributed by atoms with Crippen molar-refractivity contribution in [1.82, 2.24) is 19.9 Å². The molecule has 2 heterocycles. The summed E-state index contributed by atoms with van der Waals surface area (Å²) in [4.78, 5) is 41.0. The van der Waals surface area contributed by atoms with Crippen molar-refractivity contribution >= 4 is 59.6 Å². The lowest BCUT2D eigenvalue weighted by Gasteiger charge is -2.26. The lowest BCUT2D eigenvalue weighted by atomic mass is 9.86. The van der Waals surface area contributed by atoms with Gasteiger partial charge in [-0.3, -0.25) is 9.59 Å². The second-order valence-electron chi connectivity index (χ2n) is 10.6. The smallest absolute Gasteiger partial charge is 0.316 e. The Morgan fingerprint density at radius 2 is 1.52 bits per heavy atom. The van der Waals surface area contributed by atoms with E-state index < -0.39 is 27.3 Å². The van der Waals surface area contributed by atoms with E-state index in [9.17, 15) is 18.0 Å². The van der Waals surface area contributed by atoms with Gasteiger partial charge in [-0.1, -0.05) is 66.2 Å². The van der Waals surface area contributed by atoms with Gasteiger partial charge in [0.15, 0.2) is 5.82 Å². The molecule has 15 heteroatoms. The van der Waals surface area contributed by atoms with Gasteiger partial charge in [-0.25, -0.2) is 28.4 Å². The van der Waals surface area contributed by atoms with Gasteiger partial charge in [0.05, 0.1) is 14.9 Å². The minimum absolute atomic E-state index is 0.000226. The van der Waals surface area contributed by atoms with Crippen LogP contribution in [-0.4, -0.2) is 60.1 Å². The maximum atomic E-state index is 14.1. The summed E-state index contributed by atoms with van der Waals surface area (Å²) in [6, 6.07) is 13.4. The Balaban J connectivity index is 1.71. The van der Waals surface area contributed by atoms with E-state index in [4.69, 9.17) is 14.2 Å². The first-order chi connectivity index (χ1) is 21.8. The van der Waals surface area contributed by atoms with Crippen molar-refractivity contribution in [1.29, 1.82) is 0 Å². The molecule has 4 rings (SSSR count). The summed E-state index contributed by atoms with van der Waals surface area (Å²) < 4.78 is 46.2. The highest BCUT2D eigenvalue weighted by Gasteiger charge is 2.34. The van der Waals surface area contributed by atoms with Crippen molar-refractivity contribution in [3.05, 3.63) is 82.9 Å². The first-order valence-electron chi connectivity index (χ1n) is 13.9. The van der Waals surface area contributed by atoms with Gasteiger partial charge >= 0.3 is 12.0 Å². The largest absolute Gasteiger partial charge is 0.473 e. The summed E-state index contributed by atoms with van der Waals surface area (Å²) >= 11 is 6.70. The third kappa shape index (κ3) is 8.44. The molecule has 0 radical (unpaired) electrons. The molecule has 242 valence electrons. The topological polar surface area (TPSA) is 151 Å². The van der Waals surface area contributed by atoms with Crippen molar-refractivity contribution in [2.75, 3.05) is 24.1 Å². The first-order valence-corrected chi connectivity index (χ1v) is 17.2. The van der Waals surface area contributed by atoms with Gasteiger partial charge in [0.25, 0.3) is 10.0 Å². The molecule has 0 aliphatic carbocycles. The van der Waals surface area contributed by atoms with Crippen LogP contribution < -0.4 is 13.8 Å². The Bertz CT molecular complexity index is 1790. The molecule has 46 heavy (non-hydrogen) atoms. The third-order valence-electron chi connectivity index (χ3n) is 6.63. The monoisotopic (exact) mass is 775 g/mol. The van der Waals surface area contributed by atoms with Gasteiger partial charge in [0.1, 0.15) is 26.1 Å². The molecular weight excluding hydrogens is 746 g/mol. The molecule has 2 aromatic heterocycles. The fraction of sp³-hybridized carbons (Fsp3) is 0.290. The number of ether oxygens (including phenoxy) is 3. The van der Waals surface area contributed by atoms with Crippen LogP contribution in [0.4, 0.5) is 5.82 Å². The lowest BCUT2D eigenvalue weighted by molar-refractivity contribution is -0.142. The number of esters is 1. The quantitative estimate of drug-likeness (QED) is 0.0944. The molecule has 0 saturated heterocycles. The number of carbonyl (C=O) groups excluding carboxylic acids is 2. The standard InChI is InChI=1S/C31H31Br2N5O7S/c1-20(39)38(46(41,42)26-11-9-24(10-12-26)31(3,4)18-45-21(2)40)28-27(23-7-5-22(15-32)6-8-23)29(37-19-36-28)43-13-14-44-30-34-16-25(33)17-35-30/h5-12,16-17,19H,13-15,18H2,1-4H3. The zero-order valence-electron chi connectivity index (χ0n) is 25.4. The van der Waals surface area contributed by atoms with Gasteiger partial charge in [-0.05, 0) is 44.8 Å². The maximum absolute atomic E-state index is 14.1. The van der Waals surface area contributed by atoms with E-state index in [2.05, 4.69) is 51.8 Å². The number of hydrogen-bond donors (Lipinski definition) is 0. The van der Waals surface area contributed by atoms with E-state index in [0.29, 0.717) is 19.7 Å². The van der Waals surface area contributed by atoms with E-state index in [1.807, 2.05) is 26.0 Å². The molecule has 0 aliphatic heterocycles. The number of halogens is 2. The number of benzene rings is 2. The zero-order valence-corrected chi connectivity index (χ0v) is 29.4. The normalized spacial score (nSPS) is 11.5. The number of nitrogens with zero attached hydrogens (tertiary/aromatic N) is 5. The number of amides is 1. The van der Waals surface area contributed by atoms with Gasteiger partial charge in [0, 0.05) is 37.0 Å². The number of rotatable bonds is 13. The number of aromatic nitrogens is 4. The molecule has 4 aromatic rings. The first kappa shape index (κ1) is 34.9. The molecule has 2 aromatic carbocycles. The molecule has 12 nitrogen and oxygen atoms in total. The fourth-order valence-electron chi connectivity index (χ4n) is 4.26. The summed E-state index contributed by atoms with van der Waals surface area (Å²) in [6.07, 6.45) is 4.22. The molecule has 0 atom stereocenters. The third-order valence-corrected chi connectivity index (χ3v) is 9.46. The van der Waals surface area contributed by atoms with Crippen LogP contribution in [0.3, 0.4) is 0 Å². The SMILES string of the molecule is CC(=O)OCC(C)(C)c1ccc(S(=O)(=O)N(C(C)=O)c2ncnc(OCCOc3ncc(Br)cn3)c2-c2ccc(CBr)cc2)cc1. The lowest BCUT2D eigenvalue weighted by Crippen LogP contribution is -2.36. The van der Waals surface area contributed by atoms with E-state index in [1.54, 1.807) is 36.7 Å². The molecule has 0 unspecified atom stereocenters. The summed E-state index contributed by atoms with van der Waals surface area (Å²) in [5, 5.41) is 0.603. The van der Waals surface area contributed by atoms with E-state index >= 15 is 0 Å². The minimum Gasteiger partial charge on any atom is -0.473 e. The van der Waals surface area contributed by atoms with Crippen LogP contribution in [0, 0.1) is 0 Å². The summed E-state index contributed by atoms with van der Waals surface area (Å²) in [6.45, 7) is 6.36. The summed E-state index contributed by atoms with van der Waals surface area (Å²) in [7, 11) is -4.47. The van der Waals surface area contributed by atoms with Crippen molar-refractivity contribution in [2.45, 2.75) is 43.3 Å². The van der Waals surface area contributed by atoms with Crippen molar-refractivity contribution in [3.63, 3.8) is 0 Å². The van der Waals surface area contributed by atoms with Crippen LogP contribution in [0.5, 0.6) is 11.9 Å². The number of alkyl halides is 1.